The fourth-order valence-electron chi connectivity index (χ4n) is 1.67. The van der Waals surface area contributed by atoms with Gasteiger partial charge in [-0.1, -0.05) is 0 Å². The second-order valence-electron chi connectivity index (χ2n) is 6.21. The summed E-state index contributed by atoms with van der Waals surface area (Å²) in [5, 5.41) is 11.3. The summed E-state index contributed by atoms with van der Waals surface area (Å²) in [5.74, 6) is 0. The van der Waals surface area contributed by atoms with Crippen LogP contribution in [-0.2, 0) is 9.47 Å². The van der Waals surface area contributed by atoms with E-state index in [1.54, 1.807) is 6.21 Å². The maximum Gasteiger partial charge on any atom is 0.183 e. The third-order valence-electron chi connectivity index (χ3n) is 2.03. The highest BCUT2D eigenvalue weighted by molar-refractivity contribution is 5.60. The Bertz CT molecular complexity index is 273. The number of hydroxylamine groups is 1. The fraction of sp³-hybridized carbons (Fsp3) is 0.917. The van der Waals surface area contributed by atoms with Crippen molar-refractivity contribution in [1.82, 2.24) is 0 Å². The minimum absolute atomic E-state index is 0.184. The van der Waals surface area contributed by atoms with Gasteiger partial charge in [-0.05, 0) is 41.5 Å². The van der Waals surface area contributed by atoms with E-state index in [4.69, 9.17) is 9.47 Å². The van der Waals surface area contributed by atoms with Crippen LogP contribution < -0.4 is 0 Å². The minimum atomic E-state index is -0.272. The number of hydrogen-bond acceptors (Lipinski definition) is 3. The Labute approximate surface area is 97.8 Å². The van der Waals surface area contributed by atoms with Crippen LogP contribution in [0, 0.1) is 5.21 Å². The normalized spacial score (nSPS) is 27.0. The quantitative estimate of drug-likeness (QED) is 0.537. The molecule has 4 nitrogen and oxygen atoms in total. The Morgan fingerprint density at radius 3 is 2.00 bits per heavy atom. The zero-order valence-electron chi connectivity index (χ0n) is 11.1. The van der Waals surface area contributed by atoms with Crippen molar-refractivity contribution in [2.45, 2.75) is 65.0 Å². The highest BCUT2D eigenvalue weighted by atomic mass is 16.6. The predicted octanol–water partition coefficient (Wildman–Crippen LogP) is 1.95. The molecule has 2 unspecified atom stereocenters. The highest BCUT2D eigenvalue weighted by Gasteiger charge is 2.38. The summed E-state index contributed by atoms with van der Waals surface area (Å²) < 4.78 is 12.5. The van der Waals surface area contributed by atoms with Crippen molar-refractivity contribution >= 4 is 6.21 Å². The first kappa shape index (κ1) is 13.5. The average Bonchev–Trinajstić information content (AvgIpc) is 2.23. The van der Waals surface area contributed by atoms with Crippen LogP contribution >= 0.6 is 0 Å². The Hall–Kier alpha value is -0.610. The van der Waals surface area contributed by atoms with Crippen LogP contribution in [0.5, 0.6) is 0 Å². The van der Waals surface area contributed by atoms with Gasteiger partial charge in [0.05, 0.1) is 11.2 Å². The van der Waals surface area contributed by atoms with Crippen molar-refractivity contribution < 1.29 is 14.2 Å². The second kappa shape index (κ2) is 4.34. The van der Waals surface area contributed by atoms with Gasteiger partial charge in [-0.3, -0.25) is 0 Å². The molecule has 0 spiro atoms. The van der Waals surface area contributed by atoms with Gasteiger partial charge in [0.1, 0.15) is 0 Å². The average molecular weight is 229 g/mol. The molecule has 0 amide bonds. The highest BCUT2D eigenvalue weighted by Crippen LogP contribution is 2.21. The van der Waals surface area contributed by atoms with E-state index in [-0.39, 0.29) is 23.4 Å². The lowest BCUT2D eigenvalue weighted by Crippen LogP contribution is -2.41. The van der Waals surface area contributed by atoms with E-state index in [1.807, 2.05) is 41.5 Å². The number of nitrogens with zero attached hydrogens (tertiary/aromatic N) is 1. The van der Waals surface area contributed by atoms with Crippen LogP contribution in [-0.4, -0.2) is 40.9 Å². The Kier molecular flexibility index (Phi) is 3.65. The molecule has 0 aromatic rings. The zero-order valence-corrected chi connectivity index (χ0v) is 11.1. The molecule has 0 aliphatic carbocycles. The second-order valence-corrected chi connectivity index (χ2v) is 6.21. The van der Waals surface area contributed by atoms with Crippen molar-refractivity contribution in [2.24, 2.45) is 0 Å². The third kappa shape index (κ3) is 4.49. The SMILES string of the molecule is CC(C)(C)OC1C=[N+]([O-])CC1OC(C)(C)C. The van der Waals surface area contributed by atoms with Crippen LogP contribution in [0.15, 0.2) is 0 Å². The van der Waals surface area contributed by atoms with Crippen molar-refractivity contribution in [2.75, 3.05) is 6.54 Å². The fourth-order valence-corrected chi connectivity index (χ4v) is 1.67. The number of rotatable bonds is 2. The topological polar surface area (TPSA) is 44.5 Å². The standard InChI is InChI=1S/C12H23NO3/c1-11(2,3)15-9-7-13(14)8-10(9)16-12(4,5)6/h7,9-10H,8H2,1-6H3. The number of ether oxygens (including phenoxy) is 2. The maximum atomic E-state index is 11.3. The Morgan fingerprint density at radius 2 is 1.56 bits per heavy atom. The molecule has 94 valence electrons. The van der Waals surface area contributed by atoms with Gasteiger partial charge in [0, 0.05) is 0 Å². The van der Waals surface area contributed by atoms with E-state index in [0.29, 0.717) is 6.54 Å². The van der Waals surface area contributed by atoms with Gasteiger partial charge >= 0.3 is 0 Å². The molecule has 0 aromatic carbocycles. The molecule has 0 radical (unpaired) electrons. The monoisotopic (exact) mass is 229 g/mol. The van der Waals surface area contributed by atoms with Crippen molar-refractivity contribution in [3.05, 3.63) is 5.21 Å². The minimum Gasteiger partial charge on any atom is -0.624 e. The predicted molar refractivity (Wildman–Crippen MR) is 63.8 cm³/mol. The lowest BCUT2D eigenvalue weighted by atomic mass is 10.1. The van der Waals surface area contributed by atoms with Crippen LogP contribution in [0.3, 0.4) is 0 Å². The molecule has 1 aliphatic heterocycles. The van der Waals surface area contributed by atoms with Crippen molar-refractivity contribution in [1.29, 1.82) is 0 Å². The lowest BCUT2D eigenvalue weighted by molar-refractivity contribution is -0.455. The first-order chi connectivity index (χ1) is 7.07. The number of hydrogen-bond donors (Lipinski definition) is 0. The molecular weight excluding hydrogens is 206 g/mol. The molecule has 0 saturated heterocycles. The van der Waals surface area contributed by atoms with E-state index in [2.05, 4.69) is 0 Å². The summed E-state index contributed by atoms with van der Waals surface area (Å²) in [5.41, 5.74) is -0.533. The summed E-state index contributed by atoms with van der Waals surface area (Å²) in [6.07, 6.45) is 1.12. The van der Waals surface area contributed by atoms with E-state index in [1.165, 1.54) is 0 Å². The van der Waals surface area contributed by atoms with E-state index < -0.39 is 0 Å². The van der Waals surface area contributed by atoms with Gasteiger partial charge in [-0.2, -0.15) is 0 Å². The maximum absolute atomic E-state index is 11.3. The van der Waals surface area contributed by atoms with Gasteiger partial charge in [-0.25, -0.2) is 4.74 Å². The first-order valence-corrected chi connectivity index (χ1v) is 5.71. The summed E-state index contributed by atoms with van der Waals surface area (Å²) in [4.78, 5) is 0. The summed E-state index contributed by atoms with van der Waals surface area (Å²) in [7, 11) is 0. The molecule has 1 aliphatic rings. The van der Waals surface area contributed by atoms with Gasteiger partial charge in [0.2, 0.25) is 0 Å². The Balaban J connectivity index is 2.65. The molecule has 16 heavy (non-hydrogen) atoms. The smallest absolute Gasteiger partial charge is 0.183 e. The van der Waals surface area contributed by atoms with E-state index in [0.717, 1.165) is 4.74 Å². The molecule has 4 heteroatoms. The van der Waals surface area contributed by atoms with Gasteiger partial charge in [-0.15, -0.1) is 0 Å². The van der Waals surface area contributed by atoms with Crippen LogP contribution in [0.4, 0.5) is 0 Å². The Morgan fingerprint density at radius 1 is 1.06 bits per heavy atom. The molecule has 1 rings (SSSR count). The van der Waals surface area contributed by atoms with E-state index >= 15 is 0 Å². The molecule has 2 atom stereocenters. The van der Waals surface area contributed by atoms with E-state index in [9.17, 15) is 5.21 Å². The van der Waals surface area contributed by atoms with Crippen LogP contribution in [0.1, 0.15) is 41.5 Å². The van der Waals surface area contributed by atoms with Gasteiger partial charge < -0.3 is 14.7 Å². The lowest BCUT2D eigenvalue weighted by Gasteiger charge is -2.29. The third-order valence-corrected chi connectivity index (χ3v) is 2.03. The summed E-state index contributed by atoms with van der Waals surface area (Å²) in [6.45, 7) is 12.2. The van der Waals surface area contributed by atoms with Crippen LogP contribution in [0.2, 0.25) is 0 Å². The summed E-state index contributed by atoms with van der Waals surface area (Å²) >= 11 is 0. The van der Waals surface area contributed by atoms with Gasteiger partial charge in [0.25, 0.3) is 0 Å². The molecule has 0 N–H and O–H groups in total. The van der Waals surface area contributed by atoms with Crippen molar-refractivity contribution in [3.63, 3.8) is 0 Å². The van der Waals surface area contributed by atoms with Gasteiger partial charge in [0.15, 0.2) is 25.0 Å². The molecule has 0 bridgehead atoms. The largest absolute Gasteiger partial charge is 0.624 e. The molecular formula is C12H23NO3. The molecule has 0 fully saturated rings. The first-order valence-electron chi connectivity index (χ1n) is 5.71. The molecule has 0 aromatic heterocycles. The van der Waals surface area contributed by atoms with Crippen LogP contribution in [0.25, 0.3) is 0 Å². The molecule has 0 saturated carbocycles. The van der Waals surface area contributed by atoms with Crippen molar-refractivity contribution in [3.8, 4) is 0 Å². The molecule has 1 heterocycles. The zero-order chi connectivity index (χ0) is 12.6. The summed E-state index contributed by atoms with van der Waals surface area (Å²) in [6, 6.07) is 0.